The number of hydrogen-bond donors (Lipinski definition) is 4. The van der Waals surface area contributed by atoms with Gasteiger partial charge in [0.2, 0.25) is 0 Å². The molecule has 2 aromatic carbocycles. The van der Waals surface area contributed by atoms with Crippen LogP contribution in [-0.4, -0.2) is 107 Å². The predicted octanol–water partition coefficient (Wildman–Crippen LogP) is 11.1. The molecule has 12 heteroatoms. The van der Waals surface area contributed by atoms with Crippen LogP contribution in [-0.2, 0) is 0 Å². The molecule has 4 N–H and O–H groups in total. The van der Waals surface area contributed by atoms with Crippen molar-refractivity contribution in [2.45, 2.75) is 134 Å². The van der Waals surface area contributed by atoms with Crippen molar-refractivity contribution < 1.29 is 29.9 Å². The van der Waals surface area contributed by atoms with Crippen molar-refractivity contribution in [2.24, 2.45) is 22.7 Å². The van der Waals surface area contributed by atoms with Crippen LogP contribution in [0.1, 0.15) is 145 Å². The van der Waals surface area contributed by atoms with Crippen molar-refractivity contribution in [3.05, 3.63) is 70.0 Å². The Morgan fingerprint density at radius 2 is 1.00 bits per heavy atom. The minimum Gasteiger partial charge on any atom is -0.497 e. The van der Waals surface area contributed by atoms with E-state index in [-0.39, 0.29) is 24.0 Å². The van der Waals surface area contributed by atoms with Crippen molar-refractivity contribution in [3.63, 3.8) is 0 Å². The predicted molar refractivity (Wildman–Crippen MR) is 263 cm³/mol. The molecule has 2 aliphatic carbocycles. The van der Waals surface area contributed by atoms with Crippen LogP contribution in [0.15, 0.2) is 48.8 Å². The third-order valence-electron chi connectivity index (χ3n) is 16.1. The summed E-state index contributed by atoms with van der Waals surface area (Å²) in [4.78, 5) is 13.9. The first kappa shape index (κ1) is 50.1. The Labute approximate surface area is 398 Å². The zero-order chi connectivity index (χ0) is 45.8. The van der Waals surface area contributed by atoms with Gasteiger partial charge in [0.05, 0.1) is 47.5 Å². The highest BCUT2D eigenvalue weighted by molar-refractivity contribution is 6.32. The van der Waals surface area contributed by atoms with E-state index in [1.165, 1.54) is 83.7 Å². The van der Waals surface area contributed by atoms with Crippen LogP contribution >= 0.6 is 23.2 Å². The van der Waals surface area contributed by atoms with E-state index in [2.05, 4.69) is 19.8 Å². The van der Waals surface area contributed by atoms with E-state index < -0.39 is 12.2 Å². The molecule has 4 aromatic rings. The number of halogens is 2. The average Bonchev–Trinajstić information content (AvgIpc) is 3.88. The third kappa shape index (κ3) is 13.1. The summed E-state index contributed by atoms with van der Waals surface area (Å²) in [7, 11) is 3.25. The van der Waals surface area contributed by atoms with Gasteiger partial charge >= 0.3 is 0 Å². The van der Waals surface area contributed by atoms with E-state index >= 15 is 0 Å². The highest BCUT2D eigenvalue weighted by Crippen LogP contribution is 2.43. The van der Waals surface area contributed by atoms with Crippen LogP contribution in [0.5, 0.6) is 11.5 Å². The Balaban J connectivity index is 0.000000194. The summed E-state index contributed by atoms with van der Waals surface area (Å²) in [6, 6.07) is 11.3. The zero-order valence-corrected chi connectivity index (χ0v) is 40.7. The number of methoxy groups -OCH3 is 2. The van der Waals surface area contributed by atoms with E-state index in [1.807, 2.05) is 36.4 Å². The smallest absolute Gasteiger partial charge is 0.119 e. The van der Waals surface area contributed by atoms with Crippen LogP contribution < -0.4 is 9.47 Å². The molecule has 2 saturated carbocycles. The Kier molecular flexibility index (Phi) is 18.5. The van der Waals surface area contributed by atoms with Crippen LogP contribution in [0, 0.1) is 22.7 Å². The highest BCUT2D eigenvalue weighted by Gasteiger charge is 2.36. The van der Waals surface area contributed by atoms with E-state index in [0.29, 0.717) is 45.5 Å². The van der Waals surface area contributed by atoms with E-state index in [9.17, 15) is 20.4 Å². The fourth-order valence-electron chi connectivity index (χ4n) is 11.4. The summed E-state index contributed by atoms with van der Waals surface area (Å²) in [5, 5.41) is 45.4. The number of fused-ring (bicyclic) bond motifs is 2. The molecule has 2 saturated heterocycles. The second kappa shape index (κ2) is 24.0. The van der Waals surface area contributed by atoms with Gasteiger partial charge < -0.3 is 39.7 Å². The molecule has 2 atom stereocenters. The lowest BCUT2D eigenvalue weighted by atomic mass is 9.74. The van der Waals surface area contributed by atoms with Crippen molar-refractivity contribution >= 4 is 45.0 Å². The molecule has 2 aromatic heterocycles. The summed E-state index contributed by atoms with van der Waals surface area (Å²) in [6.45, 7) is 6.90. The first-order valence-electron chi connectivity index (χ1n) is 24.8. The lowest BCUT2D eigenvalue weighted by Crippen LogP contribution is -2.42. The Morgan fingerprint density at radius 3 is 1.37 bits per heavy atom. The van der Waals surface area contributed by atoms with Crippen LogP contribution in [0.4, 0.5) is 0 Å². The number of aliphatic hydroxyl groups excluding tert-OH is 4. The molecule has 0 bridgehead atoms. The molecule has 4 heterocycles. The number of benzene rings is 2. The van der Waals surface area contributed by atoms with Gasteiger partial charge in [0.15, 0.2) is 0 Å². The van der Waals surface area contributed by atoms with Crippen LogP contribution in [0.2, 0.25) is 10.0 Å². The molecular formula is C53H76Cl2N4O6. The van der Waals surface area contributed by atoms with E-state index in [1.54, 1.807) is 26.6 Å². The first-order valence-corrected chi connectivity index (χ1v) is 25.6. The minimum absolute atomic E-state index is 0.113. The van der Waals surface area contributed by atoms with Gasteiger partial charge in [-0.25, -0.2) is 0 Å². The van der Waals surface area contributed by atoms with Gasteiger partial charge in [0, 0.05) is 47.5 Å². The topological polar surface area (TPSA) is 132 Å². The van der Waals surface area contributed by atoms with Crippen molar-refractivity contribution in [1.82, 2.24) is 19.8 Å². The lowest BCUT2D eigenvalue weighted by Gasteiger charge is -2.41. The summed E-state index contributed by atoms with van der Waals surface area (Å²) < 4.78 is 10.7. The molecule has 0 radical (unpaired) electrons. The molecule has 2 unspecified atom stereocenters. The number of likely N-dealkylation sites (tertiary alicyclic amines) is 2. The number of nitrogens with zero attached hydrogens (tertiary/aromatic N) is 4. The second-order valence-electron chi connectivity index (χ2n) is 20.1. The number of aliphatic hydroxyl groups is 4. The van der Waals surface area contributed by atoms with Gasteiger partial charge in [-0.05, 0) is 163 Å². The van der Waals surface area contributed by atoms with Gasteiger partial charge in [0.25, 0.3) is 0 Å². The third-order valence-corrected chi connectivity index (χ3v) is 16.7. The zero-order valence-electron chi connectivity index (χ0n) is 39.2. The molecule has 65 heavy (non-hydrogen) atoms. The highest BCUT2D eigenvalue weighted by atomic mass is 35.5. The number of ether oxygens (including phenoxy) is 2. The molecule has 0 spiro atoms. The van der Waals surface area contributed by atoms with Crippen molar-refractivity contribution in [3.8, 4) is 11.5 Å². The van der Waals surface area contributed by atoms with Crippen molar-refractivity contribution in [1.29, 1.82) is 0 Å². The molecule has 0 amide bonds. The van der Waals surface area contributed by atoms with E-state index in [4.69, 9.17) is 32.7 Å². The number of pyridine rings is 2. The summed E-state index contributed by atoms with van der Waals surface area (Å²) >= 11 is 13.0. The van der Waals surface area contributed by atoms with Crippen LogP contribution in [0.3, 0.4) is 0 Å². The Bertz CT molecular complexity index is 2100. The SMILES string of the molecule is COc1ccc2ncc(Cl)c(C(O)CCC3(CO)CCN(CCC4CCCC4)CC3)c2c1.COc1ccc2ncc(Cl)c(C(O)CCC3(CO)CCN(CCC4CCCCC4)CC3)c2c1. The number of hydrogen-bond acceptors (Lipinski definition) is 10. The van der Waals surface area contributed by atoms with Gasteiger partial charge in [0.1, 0.15) is 11.5 Å². The maximum absolute atomic E-state index is 11.1. The molecule has 2 aliphatic heterocycles. The molecule has 358 valence electrons. The maximum Gasteiger partial charge on any atom is 0.119 e. The number of piperidine rings is 2. The van der Waals surface area contributed by atoms with Gasteiger partial charge in [-0.1, -0.05) is 81.0 Å². The van der Waals surface area contributed by atoms with Gasteiger partial charge in [-0.2, -0.15) is 0 Å². The fourth-order valence-corrected chi connectivity index (χ4v) is 12.0. The quantitative estimate of drug-likeness (QED) is 0.0765. The molecule has 4 fully saturated rings. The summed E-state index contributed by atoms with van der Waals surface area (Å²) in [5.41, 5.74) is 2.76. The molecule has 4 aliphatic rings. The first-order chi connectivity index (χ1) is 31.6. The average molecular weight is 936 g/mol. The monoisotopic (exact) mass is 935 g/mol. The molecular weight excluding hydrogens is 860 g/mol. The largest absolute Gasteiger partial charge is 0.497 e. The van der Waals surface area contributed by atoms with Gasteiger partial charge in [-0.15, -0.1) is 0 Å². The van der Waals surface area contributed by atoms with Crippen LogP contribution in [0.25, 0.3) is 21.8 Å². The van der Waals surface area contributed by atoms with E-state index in [0.717, 1.165) is 98.3 Å². The fraction of sp³-hybridized carbons (Fsp3) is 0.660. The molecule has 10 nitrogen and oxygen atoms in total. The Hall–Kier alpha value is -2.80. The maximum atomic E-state index is 11.1. The molecule has 8 rings (SSSR count). The Morgan fingerprint density at radius 1 is 0.615 bits per heavy atom. The number of aromatic nitrogens is 2. The normalized spacial score (nSPS) is 20.7. The second-order valence-corrected chi connectivity index (χ2v) is 21.0. The lowest BCUT2D eigenvalue weighted by molar-refractivity contribution is 0.0218. The van der Waals surface area contributed by atoms with Crippen molar-refractivity contribution in [2.75, 3.05) is 66.7 Å². The summed E-state index contributed by atoms with van der Waals surface area (Å²) in [5.74, 6) is 3.27. The minimum atomic E-state index is -0.706. The number of rotatable bonds is 18. The summed E-state index contributed by atoms with van der Waals surface area (Å²) in [6.07, 6.45) is 23.8. The van der Waals surface area contributed by atoms with Gasteiger partial charge in [-0.3, -0.25) is 9.97 Å². The standard InChI is InChI=1S/C27H39ClN2O3.C26H37ClN2O3/c1-33-21-7-8-24-22(17-21)26(23(28)18-29-24)25(32)9-11-27(19-31)12-15-30(16-13-27)14-10-20-5-3-2-4-6-20;1-32-20-6-7-23-21(16-20)25(22(27)17-28-23)24(31)8-10-26(18-30)11-14-29(15-12-26)13-9-19-4-2-3-5-19/h7-8,17-18,20,25,31-32H,2-6,9-16,19H2,1H3;6-7,16-17,19,24,30-31H,2-5,8-15,18H2,1H3.